The van der Waals surface area contributed by atoms with Crippen molar-refractivity contribution in [2.24, 2.45) is 0 Å². The number of nitrogens with zero attached hydrogens (tertiary/aromatic N) is 1. The number of benzene rings is 1. The third-order valence-corrected chi connectivity index (χ3v) is 3.26. The van der Waals surface area contributed by atoms with Gasteiger partial charge in [0, 0.05) is 13.7 Å². The Morgan fingerprint density at radius 2 is 2.10 bits per heavy atom. The van der Waals surface area contributed by atoms with Crippen LogP contribution in [0.2, 0.25) is 0 Å². The summed E-state index contributed by atoms with van der Waals surface area (Å²) >= 11 is 0. The third kappa shape index (κ3) is 2.97. The number of aliphatic carboxylic acids is 1. The van der Waals surface area contributed by atoms with Gasteiger partial charge in [0.1, 0.15) is 0 Å². The van der Waals surface area contributed by atoms with Crippen LogP contribution in [0.15, 0.2) is 30.3 Å². The number of carbonyl (C=O) groups excluding carboxylic acids is 1. The van der Waals surface area contributed by atoms with Gasteiger partial charge in [0.05, 0.1) is 13.2 Å². The molecule has 0 spiro atoms. The highest BCUT2D eigenvalue weighted by Gasteiger charge is 2.36. The summed E-state index contributed by atoms with van der Waals surface area (Å²) in [6.45, 7) is 0.593. The minimum Gasteiger partial charge on any atom is -0.480 e. The van der Waals surface area contributed by atoms with Crippen molar-refractivity contribution < 1.29 is 24.2 Å². The van der Waals surface area contributed by atoms with Crippen LogP contribution in [0, 0.1) is 0 Å². The molecule has 0 aliphatic carbocycles. The molecule has 2 atom stereocenters. The van der Waals surface area contributed by atoms with E-state index in [2.05, 4.69) is 0 Å². The maximum absolute atomic E-state index is 12.5. The molecule has 108 valence electrons. The first-order valence-corrected chi connectivity index (χ1v) is 6.34. The number of rotatable bonds is 4. The summed E-state index contributed by atoms with van der Waals surface area (Å²) in [7, 11) is 1.44. The van der Waals surface area contributed by atoms with Crippen LogP contribution >= 0.6 is 0 Å². The van der Waals surface area contributed by atoms with E-state index >= 15 is 0 Å². The summed E-state index contributed by atoms with van der Waals surface area (Å²) in [5.41, 5.74) is 0.704. The van der Waals surface area contributed by atoms with Crippen LogP contribution in [-0.4, -0.2) is 54.8 Å². The van der Waals surface area contributed by atoms with Gasteiger partial charge in [-0.15, -0.1) is 0 Å². The Hall–Kier alpha value is -1.92. The number of carboxylic acid groups (broad SMARTS) is 1. The molecule has 1 amide bonds. The molecule has 1 heterocycles. The Kier molecular flexibility index (Phi) is 4.70. The molecule has 1 N–H and O–H groups in total. The minimum absolute atomic E-state index is 0.00625. The van der Waals surface area contributed by atoms with E-state index in [0.717, 1.165) is 0 Å². The third-order valence-electron chi connectivity index (χ3n) is 3.26. The molecule has 0 saturated carbocycles. The van der Waals surface area contributed by atoms with Gasteiger partial charge in [-0.3, -0.25) is 4.79 Å². The van der Waals surface area contributed by atoms with Crippen LogP contribution in [0.1, 0.15) is 11.7 Å². The fourth-order valence-electron chi connectivity index (χ4n) is 2.23. The standard InChI is InChI=1S/C14H17NO5/c1-19-12(10-5-3-2-4-6-10)13(16)15-7-8-20-9-11(15)14(17)18/h2-6,11-12H,7-9H2,1H3,(H,17,18). The Morgan fingerprint density at radius 3 is 2.70 bits per heavy atom. The summed E-state index contributed by atoms with van der Waals surface area (Å²) in [6, 6.07) is 8.06. The molecule has 0 aromatic heterocycles. The summed E-state index contributed by atoms with van der Waals surface area (Å²) in [5.74, 6) is -1.42. The van der Waals surface area contributed by atoms with Gasteiger partial charge in [0.2, 0.25) is 0 Å². The van der Waals surface area contributed by atoms with Gasteiger partial charge in [-0.05, 0) is 5.56 Å². The van der Waals surface area contributed by atoms with Crippen LogP contribution in [0.5, 0.6) is 0 Å². The number of carbonyl (C=O) groups is 2. The maximum atomic E-state index is 12.5. The lowest BCUT2D eigenvalue weighted by molar-refractivity contribution is -0.163. The number of hydrogen-bond donors (Lipinski definition) is 1. The van der Waals surface area contributed by atoms with Crippen LogP contribution in [0.25, 0.3) is 0 Å². The average Bonchev–Trinajstić information content (AvgIpc) is 2.49. The normalized spacial score (nSPS) is 20.4. The molecule has 0 radical (unpaired) electrons. The van der Waals surface area contributed by atoms with Crippen molar-refractivity contribution in [3.8, 4) is 0 Å². The van der Waals surface area contributed by atoms with E-state index in [1.165, 1.54) is 12.0 Å². The minimum atomic E-state index is -1.07. The monoisotopic (exact) mass is 279 g/mol. The van der Waals surface area contributed by atoms with Gasteiger partial charge < -0.3 is 19.5 Å². The SMILES string of the molecule is COC(C(=O)N1CCOCC1C(=O)O)c1ccccc1. The van der Waals surface area contributed by atoms with E-state index in [9.17, 15) is 9.59 Å². The number of carboxylic acids is 1. The van der Waals surface area contributed by atoms with Crippen molar-refractivity contribution in [1.29, 1.82) is 0 Å². The van der Waals surface area contributed by atoms with E-state index in [-0.39, 0.29) is 19.1 Å². The van der Waals surface area contributed by atoms with Gasteiger partial charge in [0.15, 0.2) is 12.1 Å². The lowest BCUT2D eigenvalue weighted by Gasteiger charge is -2.34. The van der Waals surface area contributed by atoms with Gasteiger partial charge >= 0.3 is 5.97 Å². The zero-order chi connectivity index (χ0) is 14.5. The van der Waals surface area contributed by atoms with Crippen molar-refractivity contribution in [2.45, 2.75) is 12.1 Å². The quantitative estimate of drug-likeness (QED) is 0.877. The van der Waals surface area contributed by atoms with Crippen LogP contribution in [-0.2, 0) is 19.1 Å². The largest absolute Gasteiger partial charge is 0.480 e. The van der Waals surface area contributed by atoms with Crippen LogP contribution in [0.4, 0.5) is 0 Å². The highest BCUT2D eigenvalue weighted by molar-refractivity contribution is 5.87. The van der Waals surface area contributed by atoms with E-state index < -0.39 is 18.1 Å². The molecule has 1 saturated heterocycles. The Balaban J connectivity index is 2.21. The van der Waals surface area contributed by atoms with Gasteiger partial charge in [-0.25, -0.2) is 4.79 Å². The van der Waals surface area contributed by atoms with Crippen LogP contribution in [0.3, 0.4) is 0 Å². The second-order valence-corrected chi connectivity index (χ2v) is 4.49. The second-order valence-electron chi connectivity index (χ2n) is 4.49. The first kappa shape index (κ1) is 14.5. The maximum Gasteiger partial charge on any atom is 0.328 e. The molecule has 2 rings (SSSR count). The van der Waals surface area contributed by atoms with Crippen molar-refractivity contribution in [2.75, 3.05) is 26.9 Å². The molecule has 1 aromatic carbocycles. The summed E-state index contributed by atoms with van der Waals surface area (Å²) < 4.78 is 10.4. The number of morpholine rings is 1. The Labute approximate surface area is 116 Å². The first-order valence-electron chi connectivity index (χ1n) is 6.34. The van der Waals surface area contributed by atoms with Crippen molar-refractivity contribution >= 4 is 11.9 Å². The lowest BCUT2D eigenvalue weighted by Crippen LogP contribution is -2.54. The zero-order valence-corrected chi connectivity index (χ0v) is 11.2. The summed E-state index contributed by atoms with van der Waals surface area (Å²) in [4.78, 5) is 25.0. The van der Waals surface area contributed by atoms with Gasteiger partial charge in [-0.2, -0.15) is 0 Å². The summed E-state index contributed by atoms with van der Waals surface area (Å²) in [6.07, 6.45) is -0.795. The predicted octanol–water partition coefficient (Wildman–Crippen LogP) is 0.686. The highest BCUT2D eigenvalue weighted by atomic mass is 16.5. The summed E-state index contributed by atoms with van der Waals surface area (Å²) in [5, 5.41) is 9.17. The zero-order valence-electron chi connectivity index (χ0n) is 11.2. The molecule has 1 aliphatic heterocycles. The molecule has 1 aromatic rings. The van der Waals surface area contributed by atoms with E-state index in [1.807, 2.05) is 18.2 Å². The molecule has 0 bridgehead atoms. The average molecular weight is 279 g/mol. The van der Waals surface area contributed by atoms with E-state index in [4.69, 9.17) is 14.6 Å². The predicted molar refractivity (Wildman–Crippen MR) is 70.1 cm³/mol. The smallest absolute Gasteiger partial charge is 0.328 e. The topological polar surface area (TPSA) is 76.1 Å². The molecular formula is C14H17NO5. The van der Waals surface area contributed by atoms with Gasteiger partial charge in [-0.1, -0.05) is 30.3 Å². The molecular weight excluding hydrogens is 262 g/mol. The van der Waals surface area contributed by atoms with E-state index in [0.29, 0.717) is 12.2 Å². The Morgan fingerprint density at radius 1 is 1.40 bits per heavy atom. The number of methoxy groups -OCH3 is 1. The fourth-order valence-corrected chi connectivity index (χ4v) is 2.23. The number of hydrogen-bond acceptors (Lipinski definition) is 4. The lowest BCUT2D eigenvalue weighted by atomic mass is 10.1. The Bertz CT molecular complexity index is 476. The fraction of sp³-hybridized carbons (Fsp3) is 0.429. The molecule has 1 aliphatic rings. The molecule has 2 unspecified atom stereocenters. The number of amides is 1. The van der Waals surface area contributed by atoms with Crippen molar-refractivity contribution in [1.82, 2.24) is 4.90 Å². The molecule has 6 heteroatoms. The number of ether oxygens (including phenoxy) is 2. The molecule has 20 heavy (non-hydrogen) atoms. The molecule has 6 nitrogen and oxygen atoms in total. The first-order chi connectivity index (χ1) is 9.65. The van der Waals surface area contributed by atoms with Gasteiger partial charge in [0.25, 0.3) is 5.91 Å². The molecule has 1 fully saturated rings. The highest BCUT2D eigenvalue weighted by Crippen LogP contribution is 2.21. The van der Waals surface area contributed by atoms with E-state index in [1.54, 1.807) is 12.1 Å². The van der Waals surface area contributed by atoms with Crippen LogP contribution < -0.4 is 0 Å². The second kappa shape index (κ2) is 6.49. The van der Waals surface area contributed by atoms with Crippen molar-refractivity contribution in [3.05, 3.63) is 35.9 Å². The van der Waals surface area contributed by atoms with Crippen molar-refractivity contribution in [3.63, 3.8) is 0 Å².